The molecule has 0 atom stereocenters. The Bertz CT molecular complexity index is 717. The van der Waals surface area contributed by atoms with Gasteiger partial charge in [0.1, 0.15) is 0 Å². The second-order valence-corrected chi connectivity index (χ2v) is 10.3. The van der Waals surface area contributed by atoms with Gasteiger partial charge < -0.3 is 4.90 Å². The smallest absolute Gasteiger partial charge is 0.232 e. The number of anilines is 1. The number of hydrogen-bond donors (Lipinski definition) is 0. The lowest BCUT2D eigenvalue weighted by Gasteiger charge is -2.41. The second-order valence-electron chi connectivity index (χ2n) is 8.37. The first-order valence-electron chi connectivity index (χ1n) is 9.78. The summed E-state index contributed by atoms with van der Waals surface area (Å²) < 4.78 is 26.2. The molecule has 2 fully saturated rings. The Morgan fingerprint density at radius 2 is 1.76 bits per heavy atom. The third-order valence-electron chi connectivity index (χ3n) is 6.65. The van der Waals surface area contributed by atoms with Crippen molar-refractivity contribution in [3.05, 3.63) is 29.8 Å². The van der Waals surface area contributed by atoms with Crippen LogP contribution in [0.3, 0.4) is 0 Å². The lowest BCUT2D eigenvalue weighted by molar-refractivity contribution is 0.134. The fourth-order valence-corrected chi connectivity index (χ4v) is 6.20. The van der Waals surface area contributed by atoms with E-state index in [-0.39, 0.29) is 5.41 Å². The van der Waals surface area contributed by atoms with E-state index in [0.29, 0.717) is 6.54 Å². The predicted octanol–water partition coefficient (Wildman–Crippen LogP) is 3.38. The molecular formula is C20H30N2O2S. The molecular weight excluding hydrogens is 332 g/mol. The highest BCUT2D eigenvalue weighted by molar-refractivity contribution is 7.92. The second kappa shape index (κ2) is 6.58. The van der Waals surface area contributed by atoms with E-state index in [1.165, 1.54) is 50.5 Å². The molecule has 138 valence electrons. The van der Waals surface area contributed by atoms with Crippen molar-refractivity contribution < 1.29 is 8.42 Å². The van der Waals surface area contributed by atoms with Gasteiger partial charge in [0, 0.05) is 18.5 Å². The largest absolute Gasteiger partial charge is 0.303 e. The quantitative estimate of drug-likeness (QED) is 0.828. The van der Waals surface area contributed by atoms with Crippen molar-refractivity contribution >= 4 is 15.7 Å². The van der Waals surface area contributed by atoms with Gasteiger partial charge in [-0.2, -0.15) is 0 Å². The third-order valence-corrected chi connectivity index (χ3v) is 7.77. The van der Waals surface area contributed by atoms with Crippen molar-refractivity contribution in [3.63, 3.8) is 0 Å². The summed E-state index contributed by atoms with van der Waals surface area (Å²) in [4.78, 5) is 2.63. The lowest BCUT2D eigenvalue weighted by Crippen LogP contribution is -2.47. The van der Waals surface area contributed by atoms with Gasteiger partial charge in [-0.3, -0.25) is 4.31 Å². The highest BCUT2D eigenvalue weighted by atomic mass is 32.2. The van der Waals surface area contributed by atoms with E-state index in [1.54, 1.807) is 4.31 Å². The van der Waals surface area contributed by atoms with Crippen LogP contribution in [0.4, 0.5) is 5.69 Å². The first-order chi connectivity index (χ1) is 12.0. The summed E-state index contributed by atoms with van der Waals surface area (Å²) in [5, 5.41) is 0. The number of likely N-dealkylation sites (tertiary alicyclic amines) is 1. The molecule has 0 unspecified atom stereocenters. The number of para-hydroxylation sites is 1. The van der Waals surface area contributed by atoms with Gasteiger partial charge >= 0.3 is 0 Å². The molecule has 0 N–H and O–H groups in total. The lowest BCUT2D eigenvalue weighted by atomic mass is 9.74. The summed E-state index contributed by atoms with van der Waals surface area (Å²) in [5.74, 6) is 0.881. The van der Waals surface area contributed by atoms with Gasteiger partial charge in [0.05, 0.1) is 11.9 Å². The summed E-state index contributed by atoms with van der Waals surface area (Å²) in [6, 6.07) is 8.13. The van der Waals surface area contributed by atoms with E-state index in [9.17, 15) is 8.42 Å². The minimum Gasteiger partial charge on any atom is -0.303 e. The van der Waals surface area contributed by atoms with Crippen LogP contribution in [-0.2, 0) is 15.4 Å². The van der Waals surface area contributed by atoms with Gasteiger partial charge in [0.2, 0.25) is 10.0 Å². The Hall–Kier alpha value is -1.07. The molecule has 0 amide bonds. The van der Waals surface area contributed by atoms with Gasteiger partial charge in [0.15, 0.2) is 0 Å². The zero-order valence-corrected chi connectivity index (χ0v) is 16.1. The third kappa shape index (κ3) is 3.33. The summed E-state index contributed by atoms with van der Waals surface area (Å²) in [6.45, 7) is 4.07. The number of benzene rings is 1. The summed E-state index contributed by atoms with van der Waals surface area (Å²) in [5.41, 5.74) is 2.17. The Labute approximate surface area is 152 Å². The number of hydrogen-bond acceptors (Lipinski definition) is 3. The van der Waals surface area contributed by atoms with Crippen LogP contribution in [0.25, 0.3) is 0 Å². The maximum absolute atomic E-state index is 12.3. The molecule has 3 aliphatic rings. The van der Waals surface area contributed by atoms with Gasteiger partial charge in [0.25, 0.3) is 0 Å². The SMILES string of the molecule is CS(=O)(=O)N1CC2(CCN(CC3CCCCC3)CC2)c2ccccc21. The Morgan fingerprint density at radius 1 is 1.08 bits per heavy atom. The van der Waals surface area contributed by atoms with E-state index >= 15 is 0 Å². The van der Waals surface area contributed by atoms with Crippen molar-refractivity contribution in [3.8, 4) is 0 Å². The minimum absolute atomic E-state index is 0.0166. The predicted molar refractivity (Wildman–Crippen MR) is 103 cm³/mol. The zero-order chi connectivity index (χ0) is 17.5. The fourth-order valence-electron chi connectivity index (χ4n) is 5.21. The molecule has 1 saturated heterocycles. The van der Waals surface area contributed by atoms with Gasteiger partial charge in [-0.1, -0.05) is 37.5 Å². The monoisotopic (exact) mass is 362 g/mol. The van der Waals surface area contributed by atoms with Crippen LogP contribution in [0.15, 0.2) is 24.3 Å². The van der Waals surface area contributed by atoms with E-state index < -0.39 is 10.0 Å². The summed E-state index contributed by atoms with van der Waals surface area (Å²) in [7, 11) is -3.21. The Balaban J connectivity index is 1.49. The summed E-state index contributed by atoms with van der Waals surface area (Å²) >= 11 is 0. The van der Waals surface area contributed by atoms with Crippen LogP contribution in [0, 0.1) is 5.92 Å². The molecule has 1 aromatic carbocycles. The molecule has 4 nitrogen and oxygen atoms in total. The number of piperidine rings is 1. The average Bonchev–Trinajstić information content (AvgIpc) is 2.93. The first-order valence-corrected chi connectivity index (χ1v) is 11.6. The normalized spacial score (nSPS) is 24.6. The number of rotatable bonds is 3. The fraction of sp³-hybridized carbons (Fsp3) is 0.700. The minimum atomic E-state index is -3.21. The van der Waals surface area contributed by atoms with Crippen LogP contribution >= 0.6 is 0 Å². The van der Waals surface area contributed by atoms with Gasteiger partial charge in [-0.15, -0.1) is 0 Å². The van der Waals surface area contributed by atoms with Crippen molar-refractivity contribution in [2.75, 3.05) is 36.7 Å². The van der Waals surface area contributed by atoms with Crippen molar-refractivity contribution in [1.29, 1.82) is 0 Å². The average molecular weight is 363 g/mol. The van der Waals surface area contributed by atoms with Crippen LogP contribution in [0.5, 0.6) is 0 Å². The molecule has 0 radical (unpaired) electrons. The molecule has 4 rings (SSSR count). The van der Waals surface area contributed by atoms with Crippen molar-refractivity contribution in [1.82, 2.24) is 4.90 Å². The highest BCUT2D eigenvalue weighted by Crippen LogP contribution is 2.47. The van der Waals surface area contributed by atoms with Crippen LogP contribution in [-0.4, -0.2) is 45.8 Å². The van der Waals surface area contributed by atoms with Crippen LogP contribution < -0.4 is 4.31 Å². The van der Waals surface area contributed by atoms with Gasteiger partial charge in [-0.25, -0.2) is 8.42 Å². The topological polar surface area (TPSA) is 40.6 Å². The van der Waals surface area contributed by atoms with E-state index in [2.05, 4.69) is 17.0 Å². The molecule has 2 aliphatic heterocycles. The van der Waals surface area contributed by atoms with Crippen molar-refractivity contribution in [2.24, 2.45) is 5.92 Å². The number of fused-ring (bicyclic) bond motifs is 2. The number of sulfonamides is 1. The summed E-state index contributed by atoms with van der Waals surface area (Å²) in [6.07, 6.45) is 10.5. The van der Waals surface area contributed by atoms with E-state index in [0.717, 1.165) is 37.5 Å². The molecule has 5 heteroatoms. The molecule has 1 spiro atoms. The molecule has 0 bridgehead atoms. The van der Waals surface area contributed by atoms with Gasteiger partial charge in [-0.05, 0) is 56.3 Å². The molecule has 1 saturated carbocycles. The van der Waals surface area contributed by atoms with E-state index in [4.69, 9.17) is 0 Å². The maximum Gasteiger partial charge on any atom is 0.232 e. The molecule has 0 aromatic heterocycles. The van der Waals surface area contributed by atoms with E-state index in [1.807, 2.05) is 12.1 Å². The maximum atomic E-state index is 12.3. The van der Waals surface area contributed by atoms with Crippen LogP contribution in [0.1, 0.15) is 50.5 Å². The molecule has 25 heavy (non-hydrogen) atoms. The molecule has 1 aliphatic carbocycles. The molecule has 1 aromatic rings. The van der Waals surface area contributed by atoms with Crippen molar-refractivity contribution in [2.45, 2.75) is 50.4 Å². The highest BCUT2D eigenvalue weighted by Gasteiger charge is 2.46. The first kappa shape index (κ1) is 17.3. The van der Waals surface area contributed by atoms with Crippen LogP contribution in [0.2, 0.25) is 0 Å². The Morgan fingerprint density at radius 3 is 2.44 bits per heavy atom. The zero-order valence-electron chi connectivity index (χ0n) is 15.3. The Kier molecular flexibility index (Phi) is 4.57. The number of nitrogens with zero attached hydrogens (tertiary/aromatic N) is 2. The molecule has 2 heterocycles. The standard InChI is InChI=1S/C20H30N2O2S/c1-25(23,24)22-16-20(18-9-5-6-10-19(18)22)11-13-21(14-12-20)15-17-7-3-2-4-8-17/h5-6,9-10,17H,2-4,7-8,11-16H2,1H3.